The Kier molecular flexibility index (Phi) is 3.85. The van der Waals surface area contributed by atoms with E-state index < -0.39 is 11.5 Å². The first-order valence-electron chi connectivity index (χ1n) is 5.38. The van der Waals surface area contributed by atoms with Crippen molar-refractivity contribution >= 4 is 55.1 Å². The third kappa shape index (κ3) is 2.23. The molecule has 98 valence electrons. The number of amides is 1. The Balaban J connectivity index is 2.22. The van der Waals surface area contributed by atoms with Gasteiger partial charge in [0.2, 0.25) is 0 Å². The van der Waals surface area contributed by atoms with Crippen molar-refractivity contribution in [2.45, 2.75) is 31.7 Å². The predicted octanol–water partition coefficient (Wildman–Crippen LogP) is 3.32. The van der Waals surface area contributed by atoms with E-state index in [1.165, 1.54) is 11.3 Å². The van der Waals surface area contributed by atoms with Gasteiger partial charge in [0, 0.05) is 4.47 Å². The van der Waals surface area contributed by atoms with E-state index in [0.29, 0.717) is 17.7 Å². The van der Waals surface area contributed by atoms with Crippen LogP contribution in [-0.4, -0.2) is 22.5 Å². The molecule has 1 aliphatic rings. The van der Waals surface area contributed by atoms with Gasteiger partial charge in [-0.2, -0.15) is 0 Å². The molecule has 1 fully saturated rings. The summed E-state index contributed by atoms with van der Waals surface area (Å²) in [6.07, 6.45) is 1.84. The number of carbonyl (C=O) groups is 2. The third-order valence-electron chi connectivity index (χ3n) is 3.21. The van der Waals surface area contributed by atoms with Crippen molar-refractivity contribution in [3.05, 3.63) is 18.7 Å². The van der Waals surface area contributed by atoms with Gasteiger partial charge in [0.05, 0.1) is 8.66 Å². The number of carbonyl (C=O) groups excluding carboxylic acids is 1. The molecule has 1 saturated carbocycles. The molecule has 2 rings (SSSR count). The quantitative estimate of drug-likeness (QED) is 0.823. The van der Waals surface area contributed by atoms with Gasteiger partial charge in [-0.25, -0.2) is 4.79 Å². The third-order valence-corrected chi connectivity index (χ3v) is 6.96. The van der Waals surface area contributed by atoms with E-state index in [9.17, 15) is 14.7 Å². The maximum absolute atomic E-state index is 12.1. The number of hydrogen-bond donors (Lipinski definition) is 2. The van der Waals surface area contributed by atoms with Crippen LogP contribution in [-0.2, 0) is 4.79 Å². The number of aliphatic carboxylic acids is 1. The molecule has 0 spiro atoms. The smallest absolute Gasteiger partial charge is 0.329 e. The number of thiophene rings is 1. The number of carboxylic acids is 1. The summed E-state index contributed by atoms with van der Waals surface area (Å²) in [6, 6.07) is 0. The van der Waals surface area contributed by atoms with E-state index in [-0.39, 0.29) is 5.91 Å². The van der Waals surface area contributed by atoms with Crippen LogP contribution < -0.4 is 5.32 Å². The first kappa shape index (κ1) is 14.0. The van der Waals surface area contributed by atoms with Crippen LogP contribution in [0, 0.1) is 6.92 Å². The first-order valence-corrected chi connectivity index (χ1v) is 7.78. The van der Waals surface area contributed by atoms with Crippen LogP contribution in [0.25, 0.3) is 0 Å². The van der Waals surface area contributed by atoms with Crippen molar-refractivity contribution in [3.8, 4) is 0 Å². The molecule has 7 heteroatoms. The Bertz CT molecular complexity index is 523. The Labute approximate surface area is 125 Å². The maximum atomic E-state index is 12.1. The normalized spacial score (nSPS) is 17.1. The van der Waals surface area contributed by atoms with Crippen LogP contribution in [0.15, 0.2) is 8.26 Å². The van der Waals surface area contributed by atoms with Crippen molar-refractivity contribution in [2.75, 3.05) is 0 Å². The molecule has 0 unspecified atom stereocenters. The molecule has 2 N–H and O–H groups in total. The monoisotopic (exact) mass is 395 g/mol. The van der Waals surface area contributed by atoms with Gasteiger partial charge in [-0.15, -0.1) is 11.3 Å². The van der Waals surface area contributed by atoms with Gasteiger partial charge < -0.3 is 10.4 Å². The second-order valence-electron chi connectivity index (χ2n) is 4.34. The SMILES string of the molecule is Cc1c(C(=O)NC2(C(=O)O)CCC2)sc(Br)c1Br. The second-order valence-corrected chi connectivity index (χ2v) is 7.47. The fourth-order valence-electron chi connectivity index (χ4n) is 1.87. The Morgan fingerprint density at radius 1 is 1.39 bits per heavy atom. The number of nitrogens with one attached hydrogen (secondary N) is 1. The molecule has 0 saturated heterocycles. The summed E-state index contributed by atoms with van der Waals surface area (Å²) < 4.78 is 1.68. The van der Waals surface area contributed by atoms with Crippen molar-refractivity contribution < 1.29 is 14.7 Å². The molecule has 1 amide bonds. The summed E-state index contributed by atoms with van der Waals surface area (Å²) in [5.41, 5.74) is -0.240. The number of carboxylic acid groups (broad SMARTS) is 1. The fraction of sp³-hybridized carbons (Fsp3) is 0.455. The largest absolute Gasteiger partial charge is 0.480 e. The van der Waals surface area contributed by atoms with Crippen LogP contribution >= 0.6 is 43.2 Å². The van der Waals surface area contributed by atoms with Gasteiger partial charge in [-0.1, -0.05) is 0 Å². The molecular formula is C11H11Br2NO3S. The zero-order chi connectivity index (χ0) is 13.5. The maximum Gasteiger partial charge on any atom is 0.329 e. The van der Waals surface area contributed by atoms with E-state index >= 15 is 0 Å². The summed E-state index contributed by atoms with van der Waals surface area (Å²) in [6.45, 7) is 1.83. The highest BCUT2D eigenvalue weighted by molar-refractivity contribution is 9.13. The molecule has 4 nitrogen and oxygen atoms in total. The first-order chi connectivity index (χ1) is 8.37. The van der Waals surface area contributed by atoms with Crippen LogP contribution in [0.1, 0.15) is 34.5 Å². The lowest BCUT2D eigenvalue weighted by molar-refractivity contribution is -0.148. The van der Waals surface area contributed by atoms with Crippen molar-refractivity contribution in [1.29, 1.82) is 0 Å². The lowest BCUT2D eigenvalue weighted by atomic mass is 9.76. The fourth-order valence-corrected chi connectivity index (χ4v) is 4.05. The molecule has 0 atom stereocenters. The van der Waals surface area contributed by atoms with Gasteiger partial charge in [0.1, 0.15) is 5.54 Å². The van der Waals surface area contributed by atoms with Crippen LogP contribution in [0.4, 0.5) is 0 Å². The number of halogens is 2. The van der Waals surface area contributed by atoms with Gasteiger partial charge in [-0.3, -0.25) is 4.79 Å². The van der Waals surface area contributed by atoms with E-state index in [2.05, 4.69) is 37.2 Å². The summed E-state index contributed by atoms with van der Waals surface area (Å²) in [4.78, 5) is 23.9. The molecule has 0 aliphatic heterocycles. The Morgan fingerprint density at radius 3 is 2.33 bits per heavy atom. The van der Waals surface area contributed by atoms with Crippen molar-refractivity contribution in [3.63, 3.8) is 0 Å². The van der Waals surface area contributed by atoms with Gasteiger partial charge >= 0.3 is 5.97 Å². The molecule has 1 aromatic rings. The average Bonchev–Trinajstić information content (AvgIpc) is 2.50. The van der Waals surface area contributed by atoms with Gasteiger partial charge in [0.15, 0.2) is 0 Å². The highest BCUT2D eigenvalue weighted by atomic mass is 79.9. The zero-order valence-electron chi connectivity index (χ0n) is 9.55. The summed E-state index contributed by atoms with van der Waals surface area (Å²) >= 11 is 8.03. The minimum atomic E-state index is -1.06. The molecule has 0 radical (unpaired) electrons. The molecular weight excluding hydrogens is 386 g/mol. The van der Waals surface area contributed by atoms with E-state index in [1.807, 2.05) is 6.92 Å². The molecule has 1 heterocycles. The molecule has 1 aliphatic carbocycles. The summed E-state index contributed by atoms with van der Waals surface area (Å²) in [7, 11) is 0. The summed E-state index contributed by atoms with van der Waals surface area (Å²) in [5.74, 6) is -1.26. The molecule has 18 heavy (non-hydrogen) atoms. The van der Waals surface area contributed by atoms with Gasteiger partial charge in [-0.05, 0) is 63.6 Å². The lowest BCUT2D eigenvalue weighted by Crippen LogP contribution is -2.59. The van der Waals surface area contributed by atoms with E-state index in [0.717, 1.165) is 20.2 Å². The molecule has 0 aromatic carbocycles. The number of hydrogen-bond acceptors (Lipinski definition) is 3. The standard InChI is InChI=1S/C11H11Br2NO3S/c1-5-6(12)8(13)18-7(5)9(15)14-11(10(16)17)3-2-4-11/h2-4H2,1H3,(H,14,15)(H,16,17). The zero-order valence-corrected chi connectivity index (χ0v) is 13.5. The minimum Gasteiger partial charge on any atom is -0.480 e. The van der Waals surface area contributed by atoms with E-state index in [4.69, 9.17) is 0 Å². The van der Waals surface area contributed by atoms with E-state index in [1.54, 1.807) is 0 Å². The highest BCUT2D eigenvalue weighted by Crippen LogP contribution is 2.38. The van der Waals surface area contributed by atoms with Crippen LogP contribution in [0.5, 0.6) is 0 Å². The second kappa shape index (κ2) is 4.94. The van der Waals surface area contributed by atoms with Gasteiger partial charge in [0.25, 0.3) is 5.91 Å². The van der Waals surface area contributed by atoms with Crippen LogP contribution in [0.2, 0.25) is 0 Å². The average molecular weight is 397 g/mol. The lowest BCUT2D eigenvalue weighted by Gasteiger charge is -2.38. The molecule has 1 aromatic heterocycles. The molecule has 0 bridgehead atoms. The van der Waals surface area contributed by atoms with Crippen molar-refractivity contribution in [2.24, 2.45) is 0 Å². The number of rotatable bonds is 3. The Morgan fingerprint density at radius 2 is 2.00 bits per heavy atom. The topological polar surface area (TPSA) is 66.4 Å². The Hall–Kier alpha value is -0.400. The predicted molar refractivity (Wildman–Crippen MR) is 76.1 cm³/mol. The summed E-state index contributed by atoms with van der Waals surface area (Å²) in [5, 5.41) is 11.8. The highest BCUT2D eigenvalue weighted by Gasteiger charge is 2.46. The minimum absolute atomic E-state index is 0.314. The van der Waals surface area contributed by atoms with Crippen molar-refractivity contribution in [1.82, 2.24) is 5.32 Å². The van der Waals surface area contributed by atoms with Crippen LogP contribution in [0.3, 0.4) is 0 Å².